The van der Waals surface area contributed by atoms with Crippen molar-refractivity contribution in [3.05, 3.63) is 59.2 Å². The summed E-state index contributed by atoms with van der Waals surface area (Å²) in [4.78, 5) is 12.0. The Bertz CT molecular complexity index is 638. The summed E-state index contributed by atoms with van der Waals surface area (Å²) in [6, 6.07) is 13.3. The third-order valence-electron chi connectivity index (χ3n) is 3.23. The van der Waals surface area contributed by atoms with Gasteiger partial charge in [-0.2, -0.15) is 0 Å². The summed E-state index contributed by atoms with van der Waals surface area (Å²) in [6.07, 6.45) is 0.367. The maximum absolute atomic E-state index is 12.0. The Hall–Kier alpha value is -2.49. The second-order valence-electron chi connectivity index (χ2n) is 5.01. The Morgan fingerprint density at radius 2 is 2.05 bits per heavy atom. The fourth-order valence-electron chi connectivity index (χ4n) is 2.20. The van der Waals surface area contributed by atoms with Crippen molar-refractivity contribution >= 4 is 11.6 Å². The number of benzene rings is 2. The molecule has 0 heterocycles. The molecular formula is C17H20N2O2. The Morgan fingerprint density at radius 3 is 2.76 bits per heavy atom. The molecule has 2 aromatic carbocycles. The summed E-state index contributed by atoms with van der Waals surface area (Å²) in [5.74, 6) is 0.699. The van der Waals surface area contributed by atoms with E-state index in [1.54, 1.807) is 19.2 Å². The van der Waals surface area contributed by atoms with E-state index in [4.69, 9.17) is 10.5 Å². The van der Waals surface area contributed by atoms with Gasteiger partial charge in [-0.05, 0) is 30.7 Å². The van der Waals surface area contributed by atoms with Gasteiger partial charge in [-0.15, -0.1) is 0 Å². The quantitative estimate of drug-likeness (QED) is 0.829. The van der Waals surface area contributed by atoms with Gasteiger partial charge in [-0.3, -0.25) is 4.79 Å². The summed E-state index contributed by atoms with van der Waals surface area (Å²) in [5.41, 5.74) is 9.44. The summed E-state index contributed by atoms with van der Waals surface area (Å²) in [6.45, 7) is 2.41. The number of rotatable bonds is 5. The number of nitrogens with one attached hydrogen (secondary N) is 1. The van der Waals surface area contributed by atoms with Gasteiger partial charge in [0.05, 0.1) is 13.5 Å². The number of nitrogen functional groups attached to an aromatic ring is 1. The van der Waals surface area contributed by atoms with Gasteiger partial charge in [-0.1, -0.05) is 29.8 Å². The highest BCUT2D eigenvalue weighted by molar-refractivity contribution is 5.78. The highest BCUT2D eigenvalue weighted by Gasteiger charge is 2.07. The number of hydrogen-bond acceptors (Lipinski definition) is 3. The lowest BCUT2D eigenvalue weighted by Gasteiger charge is -2.11. The number of methoxy groups -OCH3 is 1. The van der Waals surface area contributed by atoms with Crippen molar-refractivity contribution in [1.29, 1.82) is 0 Å². The molecule has 0 aliphatic carbocycles. The molecule has 0 saturated heterocycles. The third kappa shape index (κ3) is 4.24. The van der Waals surface area contributed by atoms with Crippen molar-refractivity contribution in [3.8, 4) is 5.75 Å². The van der Waals surface area contributed by atoms with E-state index >= 15 is 0 Å². The lowest BCUT2D eigenvalue weighted by atomic mass is 10.1. The molecule has 4 nitrogen and oxygen atoms in total. The predicted octanol–water partition coefficient (Wildman–Crippen LogP) is 2.44. The van der Waals surface area contributed by atoms with Gasteiger partial charge in [0.15, 0.2) is 0 Å². The van der Waals surface area contributed by atoms with Gasteiger partial charge in [0.2, 0.25) is 5.91 Å². The van der Waals surface area contributed by atoms with Gasteiger partial charge in [0.25, 0.3) is 0 Å². The lowest BCUT2D eigenvalue weighted by Crippen LogP contribution is -2.24. The van der Waals surface area contributed by atoms with E-state index in [1.165, 1.54) is 0 Å². The molecule has 0 radical (unpaired) electrons. The van der Waals surface area contributed by atoms with E-state index in [9.17, 15) is 4.79 Å². The van der Waals surface area contributed by atoms with Crippen LogP contribution in [-0.4, -0.2) is 13.0 Å². The van der Waals surface area contributed by atoms with Crippen molar-refractivity contribution < 1.29 is 9.53 Å². The molecule has 2 rings (SSSR count). The second kappa shape index (κ2) is 6.79. The average Bonchev–Trinajstić information content (AvgIpc) is 2.45. The van der Waals surface area contributed by atoms with Gasteiger partial charge in [0.1, 0.15) is 5.75 Å². The van der Waals surface area contributed by atoms with Crippen LogP contribution in [0.1, 0.15) is 16.7 Å². The second-order valence-corrected chi connectivity index (χ2v) is 5.01. The monoisotopic (exact) mass is 284 g/mol. The van der Waals surface area contributed by atoms with E-state index in [0.717, 1.165) is 22.4 Å². The van der Waals surface area contributed by atoms with Crippen molar-refractivity contribution in [2.24, 2.45) is 0 Å². The van der Waals surface area contributed by atoms with Crippen molar-refractivity contribution in [2.75, 3.05) is 12.8 Å². The zero-order valence-electron chi connectivity index (χ0n) is 12.3. The van der Waals surface area contributed by atoms with Crippen LogP contribution in [-0.2, 0) is 17.8 Å². The average molecular weight is 284 g/mol. The summed E-state index contributed by atoms with van der Waals surface area (Å²) in [5, 5.41) is 2.89. The Morgan fingerprint density at radius 1 is 1.24 bits per heavy atom. The lowest BCUT2D eigenvalue weighted by molar-refractivity contribution is -0.120. The van der Waals surface area contributed by atoms with Crippen molar-refractivity contribution in [2.45, 2.75) is 19.9 Å². The zero-order valence-corrected chi connectivity index (χ0v) is 12.3. The molecule has 0 spiro atoms. The highest BCUT2D eigenvalue weighted by Crippen LogP contribution is 2.20. The number of amides is 1. The fourth-order valence-corrected chi connectivity index (χ4v) is 2.20. The van der Waals surface area contributed by atoms with Gasteiger partial charge in [0, 0.05) is 17.8 Å². The Labute approximate surface area is 124 Å². The Balaban J connectivity index is 1.96. The summed E-state index contributed by atoms with van der Waals surface area (Å²) in [7, 11) is 1.60. The first-order valence-corrected chi connectivity index (χ1v) is 6.83. The first-order chi connectivity index (χ1) is 10.1. The molecule has 0 fully saturated rings. The van der Waals surface area contributed by atoms with Crippen LogP contribution in [0.4, 0.5) is 5.69 Å². The number of carbonyl (C=O) groups is 1. The van der Waals surface area contributed by atoms with E-state index in [-0.39, 0.29) is 5.91 Å². The first kappa shape index (κ1) is 14.9. The van der Waals surface area contributed by atoms with Crippen LogP contribution in [0.15, 0.2) is 42.5 Å². The molecule has 0 bridgehead atoms. The van der Waals surface area contributed by atoms with Gasteiger partial charge in [-0.25, -0.2) is 0 Å². The molecule has 1 amide bonds. The van der Waals surface area contributed by atoms with E-state index in [2.05, 4.69) is 5.32 Å². The SMILES string of the molecule is COc1ccc(N)cc1CNC(=O)Cc1cccc(C)c1. The Kier molecular flexibility index (Phi) is 4.82. The minimum Gasteiger partial charge on any atom is -0.496 e. The molecule has 110 valence electrons. The molecule has 0 aliphatic rings. The molecular weight excluding hydrogens is 264 g/mol. The first-order valence-electron chi connectivity index (χ1n) is 6.83. The standard InChI is InChI=1S/C17H20N2O2/c1-12-4-3-5-13(8-12)9-17(20)19-11-14-10-15(18)6-7-16(14)21-2/h3-8,10H,9,11,18H2,1-2H3,(H,19,20). The molecule has 4 heteroatoms. The van der Waals surface area contributed by atoms with Gasteiger partial charge < -0.3 is 15.8 Å². The number of aryl methyl sites for hydroxylation is 1. The number of anilines is 1. The van der Waals surface area contributed by atoms with Gasteiger partial charge >= 0.3 is 0 Å². The van der Waals surface area contributed by atoms with E-state index < -0.39 is 0 Å². The zero-order chi connectivity index (χ0) is 15.2. The molecule has 3 N–H and O–H groups in total. The summed E-state index contributed by atoms with van der Waals surface area (Å²) >= 11 is 0. The molecule has 0 aliphatic heterocycles. The number of nitrogens with two attached hydrogens (primary N) is 1. The third-order valence-corrected chi connectivity index (χ3v) is 3.23. The molecule has 21 heavy (non-hydrogen) atoms. The van der Waals surface area contributed by atoms with Crippen LogP contribution in [0.2, 0.25) is 0 Å². The summed E-state index contributed by atoms with van der Waals surface area (Å²) < 4.78 is 5.26. The smallest absolute Gasteiger partial charge is 0.224 e. The molecule has 0 atom stereocenters. The fraction of sp³-hybridized carbons (Fsp3) is 0.235. The molecule has 0 saturated carbocycles. The van der Waals surface area contributed by atoms with E-state index in [0.29, 0.717) is 18.7 Å². The van der Waals surface area contributed by atoms with Crippen LogP contribution < -0.4 is 15.8 Å². The number of hydrogen-bond donors (Lipinski definition) is 2. The maximum Gasteiger partial charge on any atom is 0.224 e. The molecule has 0 unspecified atom stereocenters. The van der Waals surface area contributed by atoms with Crippen LogP contribution in [0.3, 0.4) is 0 Å². The van der Waals surface area contributed by atoms with Crippen molar-refractivity contribution in [1.82, 2.24) is 5.32 Å². The molecule has 0 aromatic heterocycles. The number of ether oxygens (including phenoxy) is 1. The molecule has 2 aromatic rings. The minimum atomic E-state index is -0.0231. The van der Waals surface area contributed by atoms with Crippen molar-refractivity contribution in [3.63, 3.8) is 0 Å². The predicted molar refractivity (Wildman–Crippen MR) is 84.1 cm³/mol. The van der Waals surface area contributed by atoms with Crippen LogP contribution >= 0.6 is 0 Å². The topological polar surface area (TPSA) is 64.3 Å². The normalized spacial score (nSPS) is 10.2. The highest BCUT2D eigenvalue weighted by atomic mass is 16.5. The van der Waals surface area contributed by atoms with Crippen LogP contribution in [0, 0.1) is 6.92 Å². The maximum atomic E-state index is 12.0. The number of carbonyl (C=O) groups excluding carboxylic acids is 1. The van der Waals surface area contributed by atoms with Crippen LogP contribution in [0.5, 0.6) is 5.75 Å². The largest absolute Gasteiger partial charge is 0.496 e. The van der Waals surface area contributed by atoms with Crippen LogP contribution in [0.25, 0.3) is 0 Å². The van der Waals surface area contributed by atoms with E-state index in [1.807, 2.05) is 37.3 Å². The minimum absolute atomic E-state index is 0.0231.